The van der Waals surface area contributed by atoms with Crippen LogP contribution in [0.25, 0.3) is 0 Å². The van der Waals surface area contributed by atoms with E-state index < -0.39 is 16.6 Å². The Labute approximate surface area is 50.9 Å². The van der Waals surface area contributed by atoms with Gasteiger partial charge >= 0.3 is 50.3 Å². The van der Waals surface area contributed by atoms with E-state index in [0.29, 0.717) is 12.5 Å². The van der Waals surface area contributed by atoms with Crippen molar-refractivity contribution in [3.05, 3.63) is 0 Å². The van der Waals surface area contributed by atoms with Crippen LogP contribution in [0, 0.1) is 5.92 Å². The van der Waals surface area contributed by atoms with Crippen LogP contribution in [-0.2, 0) is 23.9 Å². The van der Waals surface area contributed by atoms with Gasteiger partial charge in [0.25, 0.3) is 0 Å². The molecule has 0 saturated heterocycles. The van der Waals surface area contributed by atoms with Gasteiger partial charge in [-0.2, -0.15) is 0 Å². The molecule has 0 fully saturated rings. The normalized spacial score (nSPS) is 9.57. The number of rotatable bonds is 3. The second-order valence-electron chi connectivity index (χ2n) is 1.76. The molecule has 42 valence electrons. The molecular formula is C4H9O2V. The third-order valence-corrected chi connectivity index (χ3v) is 0.858. The molecule has 0 atom stereocenters. The fourth-order valence-corrected chi connectivity index (χ4v) is 0.740. The van der Waals surface area contributed by atoms with Crippen LogP contribution >= 0.6 is 0 Å². The van der Waals surface area contributed by atoms with Crippen LogP contribution < -0.4 is 0 Å². The summed E-state index contributed by atoms with van der Waals surface area (Å²) < 4.78 is 14.3. The van der Waals surface area contributed by atoms with Gasteiger partial charge in [-0.05, 0) is 0 Å². The molecule has 0 radical (unpaired) electrons. The van der Waals surface area contributed by atoms with Crippen molar-refractivity contribution in [2.24, 2.45) is 5.92 Å². The average Bonchev–Trinajstić information content (AvgIpc) is 1.61. The molecule has 0 spiro atoms. The first-order valence-electron chi connectivity index (χ1n) is 2.22. The molecule has 0 heterocycles. The summed E-state index contributed by atoms with van der Waals surface area (Å²) in [4.78, 5) is 0. The van der Waals surface area contributed by atoms with Gasteiger partial charge in [-0.3, -0.25) is 0 Å². The van der Waals surface area contributed by atoms with E-state index in [9.17, 15) is 3.67 Å². The summed E-state index contributed by atoms with van der Waals surface area (Å²) in [5.41, 5.74) is 0. The van der Waals surface area contributed by atoms with E-state index in [1.54, 1.807) is 0 Å². The third-order valence-electron chi connectivity index (χ3n) is 0.461. The van der Waals surface area contributed by atoms with Crippen molar-refractivity contribution in [3.63, 3.8) is 0 Å². The van der Waals surface area contributed by atoms with Gasteiger partial charge in [0, 0.05) is 0 Å². The predicted octanol–water partition coefficient (Wildman–Crippen LogP) is 1.00. The molecule has 0 aliphatic heterocycles. The summed E-state index contributed by atoms with van der Waals surface area (Å²) in [6.45, 7) is 4.68. The number of hydrogen-bond donors (Lipinski definition) is 0. The van der Waals surface area contributed by atoms with E-state index in [4.69, 9.17) is 0 Å². The van der Waals surface area contributed by atoms with Gasteiger partial charge in [0.05, 0.1) is 0 Å². The molecule has 2 nitrogen and oxygen atoms in total. The standard InChI is InChI=1S/C4H9O.O.V/c1-4(2)3-5;;/h4H,3H2,1-2H3;;/q-1;;+1. The molecule has 0 bridgehead atoms. The Kier molecular flexibility index (Phi) is 4.72. The van der Waals surface area contributed by atoms with Crippen LogP contribution in [0.4, 0.5) is 0 Å². The zero-order valence-corrected chi connectivity index (χ0v) is 5.94. The van der Waals surface area contributed by atoms with Gasteiger partial charge in [0.2, 0.25) is 0 Å². The maximum absolute atomic E-state index is 9.71. The minimum atomic E-state index is -1.06. The Bertz CT molecular complexity index is 53.7. The van der Waals surface area contributed by atoms with Crippen LogP contribution in [0.3, 0.4) is 0 Å². The molecule has 3 heteroatoms. The molecule has 0 aliphatic carbocycles. The second-order valence-corrected chi connectivity index (χ2v) is 2.40. The van der Waals surface area contributed by atoms with Gasteiger partial charge in [-0.1, -0.05) is 0 Å². The Morgan fingerprint density at radius 1 is 1.71 bits per heavy atom. The topological polar surface area (TPSA) is 26.3 Å². The Morgan fingerprint density at radius 2 is 2.29 bits per heavy atom. The van der Waals surface area contributed by atoms with Crippen LogP contribution in [0.5, 0.6) is 0 Å². The van der Waals surface area contributed by atoms with E-state index in [2.05, 4.69) is 3.66 Å². The summed E-state index contributed by atoms with van der Waals surface area (Å²) in [5.74, 6) is 0.504. The quantitative estimate of drug-likeness (QED) is 0.584. The monoisotopic (exact) mass is 140 g/mol. The molecule has 7 heavy (non-hydrogen) atoms. The zero-order chi connectivity index (χ0) is 5.70. The summed E-state index contributed by atoms with van der Waals surface area (Å²) in [6, 6.07) is 0. The van der Waals surface area contributed by atoms with Crippen LogP contribution in [-0.4, -0.2) is 6.61 Å². The molecule has 0 aromatic heterocycles. The van der Waals surface area contributed by atoms with Crippen molar-refractivity contribution in [2.45, 2.75) is 13.8 Å². The predicted molar refractivity (Wildman–Crippen MR) is 21.5 cm³/mol. The third kappa shape index (κ3) is 6.34. The summed E-state index contributed by atoms with van der Waals surface area (Å²) in [7, 11) is 0. The Balaban J connectivity index is 2.81. The fourth-order valence-electron chi connectivity index (χ4n) is 0.180. The van der Waals surface area contributed by atoms with E-state index in [1.165, 1.54) is 0 Å². The van der Waals surface area contributed by atoms with Crippen LogP contribution in [0.15, 0.2) is 0 Å². The van der Waals surface area contributed by atoms with Gasteiger partial charge < -0.3 is 0 Å². The van der Waals surface area contributed by atoms with Crippen molar-refractivity contribution in [1.29, 1.82) is 0 Å². The second kappa shape index (κ2) is 4.50. The first kappa shape index (κ1) is 7.34. The summed E-state index contributed by atoms with van der Waals surface area (Å²) >= 11 is -1.06. The SMILES string of the molecule is CC(C)C[O][V]=[O]. The van der Waals surface area contributed by atoms with Crippen molar-refractivity contribution < 1.29 is 23.9 Å². The first-order chi connectivity index (χ1) is 3.27. The van der Waals surface area contributed by atoms with Gasteiger partial charge in [-0.15, -0.1) is 0 Å². The van der Waals surface area contributed by atoms with Crippen LogP contribution in [0.2, 0.25) is 0 Å². The molecule has 0 aromatic carbocycles. The van der Waals surface area contributed by atoms with E-state index in [0.717, 1.165) is 0 Å². The molecule has 0 amide bonds. The van der Waals surface area contributed by atoms with Crippen molar-refractivity contribution >= 4 is 0 Å². The van der Waals surface area contributed by atoms with E-state index in [1.807, 2.05) is 13.8 Å². The number of hydrogen-bond acceptors (Lipinski definition) is 2. The average molecular weight is 140 g/mol. The van der Waals surface area contributed by atoms with Gasteiger partial charge in [0.15, 0.2) is 0 Å². The van der Waals surface area contributed by atoms with E-state index >= 15 is 0 Å². The first-order valence-corrected chi connectivity index (χ1v) is 3.36. The summed E-state index contributed by atoms with van der Waals surface area (Å²) in [5, 5.41) is 0. The molecule has 0 aliphatic rings. The Morgan fingerprint density at radius 3 is 2.43 bits per heavy atom. The maximum atomic E-state index is 9.71. The van der Waals surface area contributed by atoms with Crippen LogP contribution in [0.1, 0.15) is 13.8 Å². The van der Waals surface area contributed by atoms with Gasteiger partial charge in [0.1, 0.15) is 0 Å². The fraction of sp³-hybridized carbons (Fsp3) is 1.00. The molecule has 0 rings (SSSR count). The molecule has 0 N–H and O–H groups in total. The van der Waals surface area contributed by atoms with Gasteiger partial charge in [-0.25, -0.2) is 0 Å². The Hall–Kier alpha value is 0.344. The van der Waals surface area contributed by atoms with Crippen molar-refractivity contribution in [3.8, 4) is 0 Å². The van der Waals surface area contributed by atoms with E-state index in [-0.39, 0.29) is 0 Å². The van der Waals surface area contributed by atoms with Crippen molar-refractivity contribution in [2.75, 3.05) is 6.61 Å². The summed E-state index contributed by atoms with van der Waals surface area (Å²) in [6.07, 6.45) is 0. The molecule has 0 saturated carbocycles. The zero-order valence-electron chi connectivity index (χ0n) is 4.55. The molecule has 0 unspecified atom stereocenters. The minimum absolute atomic E-state index is 0.504. The van der Waals surface area contributed by atoms with Crippen molar-refractivity contribution in [1.82, 2.24) is 0 Å². The molecule has 0 aromatic rings. The molecular weight excluding hydrogens is 131 g/mol.